The number of ether oxygens (including phenoxy) is 1. The lowest BCUT2D eigenvalue weighted by Crippen LogP contribution is -2.21. The van der Waals surface area contributed by atoms with Gasteiger partial charge in [-0.1, -0.05) is 12.1 Å². The molecule has 0 fully saturated rings. The van der Waals surface area contributed by atoms with Crippen LogP contribution in [0.2, 0.25) is 0 Å². The number of carbonyl (C=O) groups excluding carboxylic acids is 2. The molecule has 0 saturated heterocycles. The smallest absolute Gasteiger partial charge is 0.306 e. The molecular formula is C11H12FNO3. The van der Waals surface area contributed by atoms with Crippen LogP contribution in [0.1, 0.15) is 12.0 Å². The molecule has 5 heteroatoms. The Hall–Kier alpha value is -1.91. The summed E-state index contributed by atoms with van der Waals surface area (Å²) in [6, 6.07) is 5.83. The van der Waals surface area contributed by atoms with E-state index in [0.29, 0.717) is 6.42 Å². The minimum Gasteiger partial charge on any atom is -0.456 e. The fourth-order valence-electron chi connectivity index (χ4n) is 1.12. The molecule has 0 unspecified atom stereocenters. The van der Waals surface area contributed by atoms with Gasteiger partial charge in [0, 0.05) is 6.42 Å². The molecule has 0 heterocycles. The maximum atomic E-state index is 12.6. The molecule has 0 spiro atoms. The van der Waals surface area contributed by atoms with E-state index < -0.39 is 18.5 Å². The summed E-state index contributed by atoms with van der Waals surface area (Å²) in [6.07, 6.45) is 0.580. The highest BCUT2D eigenvalue weighted by atomic mass is 19.1. The minimum absolute atomic E-state index is 0.138. The third kappa shape index (κ3) is 4.54. The Bertz CT molecular complexity index is 375. The first-order valence-electron chi connectivity index (χ1n) is 4.76. The summed E-state index contributed by atoms with van der Waals surface area (Å²) in [4.78, 5) is 21.4. The minimum atomic E-state index is -0.685. The van der Waals surface area contributed by atoms with E-state index in [0.717, 1.165) is 5.56 Å². The van der Waals surface area contributed by atoms with Crippen molar-refractivity contribution in [3.8, 4) is 0 Å². The summed E-state index contributed by atoms with van der Waals surface area (Å²) in [5.41, 5.74) is 5.64. The quantitative estimate of drug-likeness (QED) is 0.753. The lowest BCUT2D eigenvalue weighted by atomic mass is 10.1. The summed E-state index contributed by atoms with van der Waals surface area (Å²) in [5, 5.41) is 0. The molecule has 0 atom stereocenters. The average Bonchev–Trinajstić information content (AvgIpc) is 2.25. The second-order valence-electron chi connectivity index (χ2n) is 3.25. The van der Waals surface area contributed by atoms with Gasteiger partial charge in [0.15, 0.2) is 6.61 Å². The fraction of sp³-hybridized carbons (Fsp3) is 0.273. The van der Waals surface area contributed by atoms with Crippen LogP contribution in [0.3, 0.4) is 0 Å². The maximum Gasteiger partial charge on any atom is 0.306 e. The summed E-state index contributed by atoms with van der Waals surface area (Å²) < 4.78 is 17.1. The number of primary amides is 1. The maximum absolute atomic E-state index is 12.6. The largest absolute Gasteiger partial charge is 0.456 e. The summed E-state index contributed by atoms with van der Waals surface area (Å²) in [5.74, 6) is -1.50. The van der Waals surface area contributed by atoms with Gasteiger partial charge >= 0.3 is 5.97 Å². The van der Waals surface area contributed by atoms with Crippen molar-refractivity contribution in [2.24, 2.45) is 5.73 Å². The van der Waals surface area contributed by atoms with E-state index >= 15 is 0 Å². The van der Waals surface area contributed by atoms with Crippen molar-refractivity contribution in [1.82, 2.24) is 0 Å². The first kappa shape index (κ1) is 12.2. The van der Waals surface area contributed by atoms with Gasteiger partial charge in [0.05, 0.1) is 0 Å². The number of aryl methyl sites for hydroxylation is 1. The Balaban J connectivity index is 2.31. The molecule has 1 rings (SSSR count). The summed E-state index contributed by atoms with van der Waals surface area (Å²) >= 11 is 0. The standard InChI is InChI=1S/C11H12FNO3/c12-9-4-1-8(2-5-9)3-6-11(15)16-7-10(13)14/h1-2,4-5H,3,6-7H2,(H2,13,14). The van der Waals surface area contributed by atoms with E-state index in [9.17, 15) is 14.0 Å². The zero-order valence-electron chi connectivity index (χ0n) is 8.61. The highest BCUT2D eigenvalue weighted by molar-refractivity contribution is 5.79. The lowest BCUT2D eigenvalue weighted by Gasteiger charge is -2.02. The number of hydrogen-bond acceptors (Lipinski definition) is 3. The van der Waals surface area contributed by atoms with Crippen molar-refractivity contribution >= 4 is 11.9 Å². The summed E-state index contributed by atoms with van der Waals surface area (Å²) in [7, 11) is 0. The van der Waals surface area contributed by atoms with E-state index in [4.69, 9.17) is 5.73 Å². The van der Waals surface area contributed by atoms with Crippen LogP contribution in [0.15, 0.2) is 24.3 Å². The third-order valence-electron chi connectivity index (χ3n) is 1.91. The van der Waals surface area contributed by atoms with Crippen LogP contribution >= 0.6 is 0 Å². The molecule has 4 nitrogen and oxygen atoms in total. The zero-order valence-corrected chi connectivity index (χ0v) is 8.61. The molecule has 1 aromatic carbocycles. The first-order chi connectivity index (χ1) is 7.58. The van der Waals surface area contributed by atoms with Gasteiger partial charge < -0.3 is 10.5 Å². The topological polar surface area (TPSA) is 69.4 Å². The fourth-order valence-corrected chi connectivity index (χ4v) is 1.12. The second kappa shape index (κ2) is 5.85. The molecule has 0 aliphatic carbocycles. The number of hydrogen-bond donors (Lipinski definition) is 1. The SMILES string of the molecule is NC(=O)COC(=O)CCc1ccc(F)cc1. The molecular weight excluding hydrogens is 213 g/mol. The van der Waals surface area contributed by atoms with Gasteiger partial charge in [0.2, 0.25) is 0 Å². The number of benzene rings is 1. The molecule has 86 valence electrons. The monoisotopic (exact) mass is 225 g/mol. The van der Waals surface area contributed by atoms with Gasteiger partial charge in [-0.2, -0.15) is 0 Å². The van der Waals surface area contributed by atoms with Crippen LogP contribution in [0, 0.1) is 5.82 Å². The Morgan fingerprint density at radius 1 is 1.25 bits per heavy atom. The van der Waals surface area contributed by atoms with E-state index in [-0.39, 0.29) is 12.2 Å². The van der Waals surface area contributed by atoms with Crippen LogP contribution < -0.4 is 5.73 Å². The van der Waals surface area contributed by atoms with Crippen LogP contribution in [-0.4, -0.2) is 18.5 Å². The van der Waals surface area contributed by atoms with Gasteiger partial charge in [-0.15, -0.1) is 0 Å². The predicted octanol–water partition coefficient (Wildman–Crippen LogP) is 0.787. The van der Waals surface area contributed by atoms with Gasteiger partial charge in [0.25, 0.3) is 5.91 Å². The molecule has 0 aliphatic heterocycles. The van der Waals surface area contributed by atoms with Gasteiger partial charge in [-0.25, -0.2) is 4.39 Å². The molecule has 1 amide bonds. The Morgan fingerprint density at radius 2 is 1.88 bits per heavy atom. The van der Waals surface area contributed by atoms with Crippen LogP contribution in [0.5, 0.6) is 0 Å². The van der Waals surface area contributed by atoms with Crippen LogP contribution in [-0.2, 0) is 20.7 Å². The second-order valence-corrected chi connectivity index (χ2v) is 3.25. The Morgan fingerprint density at radius 3 is 2.44 bits per heavy atom. The van der Waals surface area contributed by atoms with E-state index in [1.165, 1.54) is 12.1 Å². The van der Waals surface area contributed by atoms with Crippen molar-refractivity contribution in [2.45, 2.75) is 12.8 Å². The Labute approximate surface area is 92.2 Å². The predicted molar refractivity (Wildman–Crippen MR) is 54.9 cm³/mol. The highest BCUT2D eigenvalue weighted by Gasteiger charge is 2.05. The molecule has 0 bridgehead atoms. The van der Waals surface area contributed by atoms with Gasteiger partial charge in [-0.05, 0) is 24.1 Å². The highest BCUT2D eigenvalue weighted by Crippen LogP contribution is 2.05. The van der Waals surface area contributed by atoms with E-state index in [1.807, 2.05) is 0 Å². The number of nitrogens with two attached hydrogens (primary N) is 1. The molecule has 16 heavy (non-hydrogen) atoms. The van der Waals surface area contributed by atoms with Crippen molar-refractivity contribution in [3.05, 3.63) is 35.6 Å². The normalized spacial score (nSPS) is 9.81. The molecule has 0 aliphatic rings. The molecule has 1 aromatic rings. The van der Waals surface area contributed by atoms with Gasteiger partial charge in [-0.3, -0.25) is 9.59 Å². The zero-order chi connectivity index (χ0) is 12.0. The number of amides is 1. The lowest BCUT2D eigenvalue weighted by molar-refractivity contribution is -0.147. The van der Waals surface area contributed by atoms with Crippen LogP contribution in [0.25, 0.3) is 0 Å². The van der Waals surface area contributed by atoms with E-state index in [2.05, 4.69) is 4.74 Å². The number of esters is 1. The number of carbonyl (C=O) groups is 2. The van der Waals surface area contributed by atoms with Crippen molar-refractivity contribution in [3.63, 3.8) is 0 Å². The van der Waals surface area contributed by atoms with Gasteiger partial charge in [0.1, 0.15) is 5.82 Å². The third-order valence-corrected chi connectivity index (χ3v) is 1.91. The first-order valence-corrected chi connectivity index (χ1v) is 4.76. The number of rotatable bonds is 5. The van der Waals surface area contributed by atoms with E-state index in [1.54, 1.807) is 12.1 Å². The van der Waals surface area contributed by atoms with Crippen molar-refractivity contribution in [1.29, 1.82) is 0 Å². The summed E-state index contributed by atoms with van der Waals surface area (Å²) in [6.45, 7) is -0.401. The number of halogens is 1. The van der Waals surface area contributed by atoms with Crippen molar-refractivity contribution < 1.29 is 18.7 Å². The molecule has 0 radical (unpaired) electrons. The van der Waals surface area contributed by atoms with Crippen molar-refractivity contribution in [2.75, 3.05) is 6.61 Å². The molecule has 0 aromatic heterocycles. The molecule has 0 saturated carbocycles. The average molecular weight is 225 g/mol. The van der Waals surface area contributed by atoms with Crippen LogP contribution in [0.4, 0.5) is 4.39 Å². The Kier molecular flexibility index (Phi) is 4.44. The molecule has 2 N–H and O–H groups in total.